The van der Waals surface area contributed by atoms with Gasteiger partial charge in [0.05, 0.1) is 22.1 Å². The number of hydrogen-bond acceptors (Lipinski definition) is 4. The molecule has 0 bridgehead atoms. The van der Waals surface area contributed by atoms with Gasteiger partial charge in [0.15, 0.2) is 6.10 Å². The quantitative estimate of drug-likeness (QED) is 0.504. The van der Waals surface area contributed by atoms with E-state index in [-0.39, 0.29) is 11.9 Å². The third-order valence-electron chi connectivity index (χ3n) is 4.23. The van der Waals surface area contributed by atoms with Gasteiger partial charge in [0.1, 0.15) is 11.6 Å². The molecular formula is C20H21Cl2N3O2S. The minimum atomic E-state index is -0.722. The fourth-order valence-corrected chi connectivity index (χ4v) is 3.68. The highest BCUT2D eigenvalue weighted by Crippen LogP contribution is 2.28. The van der Waals surface area contributed by atoms with E-state index < -0.39 is 6.10 Å². The summed E-state index contributed by atoms with van der Waals surface area (Å²) in [5.41, 5.74) is 1.82. The van der Waals surface area contributed by atoms with Crippen LogP contribution in [-0.4, -0.2) is 34.0 Å². The SMILES string of the molecule is CSCC[C@H](NC(=O)[C@@H](C)Oc1ccc(Cl)cc1Cl)c1nc2ccccc2[nH]1. The summed E-state index contributed by atoms with van der Waals surface area (Å²) < 4.78 is 5.72. The number of fused-ring (bicyclic) bond motifs is 1. The molecule has 1 amide bonds. The lowest BCUT2D eigenvalue weighted by Crippen LogP contribution is -2.39. The van der Waals surface area contributed by atoms with E-state index in [1.54, 1.807) is 36.9 Å². The van der Waals surface area contributed by atoms with Gasteiger partial charge in [0.2, 0.25) is 0 Å². The minimum Gasteiger partial charge on any atom is -0.479 e. The average molecular weight is 438 g/mol. The van der Waals surface area contributed by atoms with E-state index >= 15 is 0 Å². The van der Waals surface area contributed by atoms with Crippen molar-refractivity contribution in [1.29, 1.82) is 0 Å². The number of hydrogen-bond donors (Lipinski definition) is 2. The Morgan fingerprint density at radius 3 is 2.79 bits per heavy atom. The van der Waals surface area contributed by atoms with Gasteiger partial charge in [-0.15, -0.1) is 0 Å². The van der Waals surface area contributed by atoms with Gasteiger partial charge in [-0.05, 0) is 55.7 Å². The van der Waals surface area contributed by atoms with E-state index in [0.29, 0.717) is 15.8 Å². The van der Waals surface area contributed by atoms with Crippen LogP contribution in [0.5, 0.6) is 5.75 Å². The maximum atomic E-state index is 12.7. The van der Waals surface area contributed by atoms with E-state index in [4.69, 9.17) is 27.9 Å². The molecule has 28 heavy (non-hydrogen) atoms. The summed E-state index contributed by atoms with van der Waals surface area (Å²) in [7, 11) is 0. The smallest absolute Gasteiger partial charge is 0.261 e. The number of rotatable bonds is 8. The van der Waals surface area contributed by atoms with Crippen molar-refractivity contribution in [2.75, 3.05) is 12.0 Å². The largest absolute Gasteiger partial charge is 0.479 e. The minimum absolute atomic E-state index is 0.237. The van der Waals surface area contributed by atoms with Crippen LogP contribution in [0.25, 0.3) is 11.0 Å². The molecule has 3 rings (SSSR count). The van der Waals surface area contributed by atoms with E-state index in [9.17, 15) is 4.79 Å². The van der Waals surface area contributed by atoms with Crippen LogP contribution < -0.4 is 10.1 Å². The molecular weight excluding hydrogens is 417 g/mol. The fourth-order valence-electron chi connectivity index (χ4n) is 2.75. The molecule has 2 aromatic carbocycles. The second-order valence-electron chi connectivity index (χ2n) is 6.32. The molecule has 1 heterocycles. The Labute approximate surface area is 178 Å². The first-order valence-corrected chi connectivity index (χ1v) is 11.0. The van der Waals surface area contributed by atoms with Crippen molar-refractivity contribution in [1.82, 2.24) is 15.3 Å². The fraction of sp³-hybridized carbons (Fsp3) is 0.300. The molecule has 0 aliphatic heterocycles. The number of carbonyl (C=O) groups is 1. The van der Waals surface area contributed by atoms with E-state index in [1.807, 2.05) is 30.5 Å². The Bertz CT molecular complexity index is 931. The van der Waals surface area contributed by atoms with Gasteiger partial charge < -0.3 is 15.0 Å². The molecule has 0 saturated carbocycles. The standard InChI is InChI=1S/C20H21Cl2N3O2S/c1-12(27-18-8-7-13(21)11-14(18)22)20(26)25-17(9-10-28-2)19-23-15-5-3-4-6-16(15)24-19/h3-8,11-12,17H,9-10H2,1-2H3,(H,23,24)(H,25,26)/t12-,17+/m1/s1. The lowest BCUT2D eigenvalue weighted by molar-refractivity contribution is -0.128. The molecule has 148 valence electrons. The Kier molecular flexibility index (Phi) is 7.10. The van der Waals surface area contributed by atoms with Gasteiger partial charge in [-0.25, -0.2) is 4.98 Å². The Hall–Kier alpha value is -1.89. The van der Waals surface area contributed by atoms with E-state index in [1.165, 1.54) is 0 Å². The summed E-state index contributed by atoms with van der Waals surface area (Å²) in [6, 6.07) is 12.5. The number of carbonyl (C=O) groups excluding carboxylic acids is 1. The molecule has 0 fully saturated rings. The average Bonchev–Trinajstić information content (AvgIpc) is 3.11. The highest BCUT2D eigenvalue weighted by molar-refractivity contribution is 7.98. The van der Waals surface area contributed by atoms with Gasteiger partial charge in [-0.2, -0.15) is 11.8 Å². The lowest BCUT2D eigenvalue weighted by Gasteiger charge is -2.20. The number of thioether (sulfide) groups is 1. The summed E-state index contributed by atoms with van der Waals surface area (Å²) in [5.74, 6) is 1.80. The number of amides is 1. The van der Waals surface area contributed by atoms with Crippen LogP contribution in [0.15, 0.2) is 42.5 Å². The Morgan fingerprint density at radius 1 is 1.29 bits per heavy atom. The van der Waals surface area contributed by atoms with Crippen molar-refractivity contribution in [3.63, 3.8) is 0 Å². The molecule has 0 aliphatic carbocycles. The number of para-hydroxylation sites is 2. The third kappa shape index (κ3) is 5.13. The van der Waals surface area contributed by atoms with Crippen LogP contribution >= 0.6 is 35.0 Å². The highest BCUT2D eigenvalue weighted by atomic mass is 35.5. The predicted molar refractivity (Wildman–Crippen MR) is 117 cm³/mol. The number of ether oxygens (including phenoxy) is 1. The monoisotopic (exact) mass is 437 g/mol. The number of benzene rings is 2. The summed E-state index contributed by atoms with van der Waals surface area (Å²) in [6.45, 7) is 1.69. The molecule has 0 saturated heterocycles. The second kappa shape index (κ2) is 9.54. The summed E-state index contributed by atoms with van der Waals surface area (Å²) in [5, 5.41) is 3.91. The van der Waals surface area contributed by atoms with Crippen molar-refractivity contribution in [3.8, 4) is 5.75 Å². The van der Waals surface area contributed by atoms with Gasteiger partial charge >= 0.3 is 0 Å². The predicted octanol–water partition coefficient (Wildman–Crippen LogP) is 5.25. The number of halogens is 2. The number of aromatic nitrogens is 2. The van der Waals surface area contributed by atoms with Crippen LogP contribution in [0.2, 0.25) is 10.0 Å². The molecule has 0 unspecified atom stereocenters. The summed E-state index contributed by atoms with van der Waals surface area (Å²) in [6.07, 6.45) is 2.06. The first-order chi connectivity index (χ1) is 13.5. The van der Waals surface area contributed by atoms with Crippen molar-refractivity contribution in [3.05, 3.63) is 58.3 Å². The maximum absolute atomic E-state index is 12.7. The van der Waals surface area contributed by atoms with Crippen molar-refractivity contribution in [2.24, 2.45) is 0 Å². The first-order valence-electron chi connectivity index (χ1n) is 8.83. The van der Waals surface area contributed by atoms with Crippen molar-refractivity contribution >= 4 is 51.9 Å². The number of aromatic amines is 1. The Morgan fingerprint density at radius 2 is 2.07 bits per heavy atom. The molecule has 0 aliphatic rings. The lowest BCUT2D eigenvalue weighted by atomic mass is 10.2. The maximum Gasteiger partial charge on any atom is 0.261 e. The van der Waals surface area contributed by atoms with Gasteiger partial charge in [0, 0.05) is 5.02 Å². The van der Waals surface area contributed by atoms with Crippen LogP contribution in [0.3, 0.4) is 0 Å². The molecule has 2 atom stereocenters. The molecule has 2 N–H and O–H groups in total. The molecule has 5 nitrogen and oxygen atoms in total. The highest BCUT2D eigenvalue weighted by Gasteiger charge is 2.23. The molecule has 8 heteroatoms. The topological polar surface area (TPSA) is 67.0 Å². The van der Waals surface area contributed by atoms with E-state index in [0.717, 1.165) is 29.0 Å². The number of nitrogens with zero attached hydrogens (tertiary/aromatic N) is 1. The van der Waals surface area contributed by atoms with E-state index in [2.05, 4.69) is 15.3 Å². The van der Waals surface area contributed by atoms with Crippen LogP contribution in [0.1, 0.15) is 25.2 Å². The molecule has 1 aromatic heterocycles. The first kappa shape index (κ1) is 20.8. The zero-order chi connectivity index (χ0) is 20.1. The molecule has 3 aromatic rings. The van der Waals surface area contributed by atoms with Crippen LogP contribution in [-0.2, 0) is 4.79 Å². The number of H-pyrrole nitrogens is 1. The summed E-state index contributed by atoms with van der Waals surface area (Å²) >= 11 is 13.8. The second-order valence-corrected chi connectivity index (χ2v) is 8.15. The van der Waals surface area contributed by atoms with Gasteiger partial charge in [-0.1, -0.05) is 35.3 Å². The van der Waals surface area contributed by atoms with Crippen molar-refractivity contribution in [2.45, 2.75) is 25.5 Å². The zero-order valence-corrected chi connectivity index (χ0v) is 17.9. The van der Waals surface area contributed by atoms with Crippen LogP contribution in [0, 0.1) is 0 Å². The normalized spacial score (nSPS) is 13.3. The Balaban J connectivity index is 1.73. The van der Waals surface area contributed by atoms with Crippen LogP contribution in [0.4, 0.5) is 0 Å². The third-order valence-corrected chi connectivity index (χ3v) is 5.41. The molecule has 0 spiro atoms. The number of imidazole rings is 1. The van der Waals surface area contributed by atoms with Gasteiger partial charge in [0.25, 0.3) is 5.91 Å². The van der Waals surface area contributed by atoms with Crippen molar-refractivity contribution < 1.29 is 9.53 Å². The zero-order valence-electron chi connectivity index (χ0n) is 15.5. The van der Waals surface area contributed by atoms with Gasteiger partial charge in [-0.3, -0.25) is 4.79 Å². The molecule has 0 radical (unpaired) electrons. The number of nitrogens with one attached hydrogen (secondary N) is 2. The summed E-state index contributed by atoms with van der Waals surface area (Å²) in [4.78, 5) is 20.7.